The van der Waals surface area contributed by atoms with Gasteiger partial charge in [-0.2, -0.15) is 0 Å². The molecule has 0 atom stereocenters. The number of Topliss-reactive ketones (excluding diaryl/α,β-unsaturated/α-hetero) is 1. The molecule has 38 heavy (non-hydrogen) atoms. The Morgan fingerprint density at radius 2 is 1.50 bits per heavy atom. The highest BCUT2D eigenvalue weighted by atomic mass is 19.1. The molecule has 0 spiro atoms. The third-order valence-corrected chi connectivity index (χ3v) is 7.06. The van der Waals surface area contributed by atoms with Crippen molar-refractivity contribution in [2.75, 3.05) is 7.05 Å². The van der Waals surface area contributed by atoms with E-state index in [0.717, 1.165) is 33.2 Å². The minimum Gasteiger partial charge on any atom is -0.355 e. The van der Waals surface area contributed by atoms with E-state index in [2.05, 4.69) is 36.3 Å². The third-order valence-electron chi connectivity index (χ3n) is 7.06. The van der Waals surface area contributed by atoms with E-state index >= 15 is 0 Å². The first-order valence-corrected chi connectivity index (χ1v) is 12.6. The number of ketones is 1. The number of carbonyl (C=O) groups is 2. The van der Waals surface area contributed by atoms with Gasteiger partial charge in [-0.3, -0.25) is 9.59 Å². The van der Waals surface area contributed by atoms with Crippen molar-refractivity contribution < 1.29 is 14.0 Å². The fraction of sp³-hybridized carbons (Fsp3) is 0.152. The van der Waals surface area contributed by atoms with Crippen molar-refractivity contribution in [3.63, 3.8) is 0 Å². The second-order valence-corrected chi connectivity index (χ2v) is 10.2. The largest absolute Gasteiger partial charge is 0.355 e. The molecule has 0 aliphatic heterocycles. The molecule has 5 rings (SSSR count). The minimum atomic E-state index is -0.338. The van der Waals surface area contributed by atoms with Crippen LogP contribution in [0.1, 0.15) is 46.5 Å². The van der Waals surface area contributed by atoms with E-state index in [4.69, 9.17) is 0 Å². The lowest BCUT2D eigenvalue weighted by atomic mass is 9.79. The molecule has 0 aliphatic rings. The number of aromatic nitrogens is 1. The molecule has 4 aromatic carbocycles. The van der Waals surface area contributed by atoms with E-state index in [1.165, 1.54) is 12.1 Å². The molecular weight excluding hydrogens is 475 g/mol. The Balaban J connectivity index is 1.52. The maximum Gasteiger partial charge on any atom is 0.253 e. The van der Waals surface area contributed by atoms with Gasteiger partial charge in [-0.05, 0) is 70.1 Å². The lowest BCUT2D eigenvalue weighted by Crippen LogP contribution is -2.21. The molecule has 5 aromatic rings. The van der Waals surface area contributed by atoms with Crippen molar-refractivity contribution in [2.24, 2.45) is 0 Å². The summed E-state index contributed by atoms with van der Waals surface area (Å²) in [5.41, 5.74) is 5.90. The van der Waals surface area contributed by atoms with Crippen molar-refractivity contribution in [3.05, 3.63) is 120 Å². The number of nitrogens with one attached hydrogen (secondary N) is 2. The van der Waals surface area contributed by atoms with Crippen LogP contribution in [0.5, 0.6) is 0 Å². The first kappa shape index (κ1) is 25.2. The molecular formula is C33H29FN2O2. The molecule has 2 N–H and O–H groups in total. The molecule has 0 unspecified atom stereocenters. The second kappa shape index (κ2) is 10.1. The molecule has 5 heteroatoms. The van der Waals surface area contributed by atoms with Gasteiger partial charge in [0.2, 0.25) is 0 Å². The molecule has 0 bridgehead atoms. The summed E-state index contributed by atoms with van der Waals surface area (Å²) < 4.78 is 13.5. The zero-order valence-electron chi connectivity index (χ0n) is 21.6. The Bertz CT molecular complexity index is 1630. The number of hydrogen-bond acceptors (Lipinski definition) is 2. The Kier molecular flexibility index (Phi) is 6.68. The van der Waals surface area contributed by atoms with Crippen LogP contribution in [0, 0.1) is 5.82 Å². The van der Waals surface area contributed by atoms with Gasteiger partial charge in [-0.25, -0.2) is 4.39 Å². The van der Waals surface area contributed by atoms with E-state index in [9.17, 15) is 14.0 Å². The van der Waals surface area contributed by atoms with Gasteiger partial charge in [0.15, 0.2) is 5.78 Å². The monoisotopic (exact) mass is 504 g/mol. The molecule has 190 valence electrons. The van der Waals surface area contributed by atoms with E-state index in [1.54, 1.807) is 19.2 Å². The summed E-state index contributed by atoms with van der Waals surface area (Å²) in [7, 11) is 1.59. The van der Waals surface area contributed by atoms with Gasteiger partial charge in [0.05, 0.1) is 11.3 Å². The Morgan fingerprint density at radius 3 is 2.21 bits per heavy atom. The highest BCUT2D eigenvalue weighted by molar-refractivity contribution is 6.13. The third kappa shape index (κ3) is 4.88. The van der Waals surface area contributed by atoms with Crippen LogP contribution in [-0.2, 0) is 5.41 Å². The molecule has 0 saturated carbocycles. The van der Waals surface area contributed by atoms with E-state index in [0.29, 0.717) is 23.2 Å². The van der Waals surface area contributed by atoms with E-state index < -0.39 is 0 Å². The predicted molar refractivity (Wildman–Crippen MR) is 151 cm³/mol. The number of carbonyl (C=O) groups excluding carboxylic acids is 2. The molecule has 0 fully saturated rings. The first-order chi connectivity index (χ1) is 18.3. The molecule has 1 aromatic heterocycles. The zero-order valence-corrected chi connectivity index (χ0v) is 21.6. The summed E-state index contributed by atoms with van der Waals surface area (Å²) in [6, 6.07) is 29.6. The van der Waals surface area contributed by atoms with Gasteiger partial charge in [-0.1, -0.05) is 68.4 Å². The standard InChI is InChI=1S/C33H29FN2O2/c1-33(2,25-10-5-4-6-11-25)20-29(37)24-9-7-8-22(18-24)23-14-17-28-27(19-23)30(32(38)35-3)31(36-28)21-12-15-26(34)16-13-21/h4-19,36H,20H2,1-3H3,(H,35,38). The van der Waals surface area contributed by atoms with Crippen molar-refractivity contribution >= 4 is 22.6 Å². The van der Waals surface area contributed by atoms with Crippen LogP contribution < -0.4 is 5.32 Å². The highest BCUT2D eigenvalue weighted by Gasteiger charge is 2.25. The molecule has 1 amide bonds. The number of benzene rings is 4. The molecule has 1 heterocycles. The number of H-pyrrole nitrogens is 1. The van der Waals surface area contributed by atoms with Gasteiger partial charge >= 0.3 is 0 Å². The number of amides is 1. The summed E-state index contributed by atoms with van der Waals surface area (Å²) >= 11 is 0. The average Bonchev–Trinajstić information content (AvgIpc) is 3.32. The van der Waals surface area contributed by atoms with Crippen LogP contribution in [0.15, 0.2) is 97.1 Å². The molecule has 0 saturated heterocycles. The summed E-state index contributed by atoms with van der Waals surface area (Å²) in [6.07, 6.45) is 0.388. The van der Waals surface area contributed by atoms with Gasteiger partial charge in [0.1, 0.15) is 5.82 Å². The van der Waals surface area contributed by atoms with Crippen molar-refractivity contribution in [1.29, 1.82) is 0 Å². The molecule has 0 radical (unpaired) electrons. The summed E-state index contributed by atoms with van der Waals surface area (Å²) in [5, 5.41) is 3.47. The number of hydrogen-bond donors (Lipinski definition) is 2. The smallest absolute Gasteiger partial charge is 0.253 e. The van der Waals surface area contributed by atoms with Crippen LogP contribution in [0.4, 0.5) is 4.39 Å². The van der Waals surface area contributed by atoms with Crippen LogP contribution in [0.3, 0.4) is 0 Å². The lowest BCUT2D eigenvalue weighted by Gasteiger charge is -2.24. The highest BCUT2D eigenvalue weighted by Crippen LogP contribution is 2.34. The number of fused-ring (bicyclic) bond motifs is 1. The number of halogens is 1. The molecule has 0 aliphatic carbocycles. The van der Waals surface area contributed by atoms with Gasteiger partial charge in [0, 0.05) is 29.9 Å². The maximum absolute atomic E-state index is 13.5. The zero-order chi connectivity index (χ0) is 26.9. The van der Waals surface area contributed by atoms with Crippen LogP contribution in [0.2, 0.25) is 0 Å². The van der Waals surface area contributed by atoms with Crippen LogP contribution in [-0.4, -0.2) is 23.7 Å². The van der Waals surface area contributed by atoms with Crippen LogP contribution in [0.25, 0.3) is 33.3 Å². The Morgan fingerprint density at radius 1 is 0.816 bits per heavy atom. The topological polar surface area (TPSA) is 62.0 Å². The Hall–Kier alpha value is -4.51. The minimum absolute atomic E-state index is 0.0769. The van der Waals surface area contributed by atoms with Crippen LogP contribution >= 0.6 is 0 Å². The fourth-order valence-corrected chi connectivity index (χ4v) is 4.93. The number of aromatic amines is 1. The van der Waals surface area contributed by atoms with Crippen molar-refractivity contribution in [1.82, 2.24) is 10.3 Å². The summed E-state index contributed by atoms with van der Waals surface area (Å²) in [4.78, 5) is 29.6. The second-order valence-electron chi connectivity index (χ2n) is 10.2. The van der Waals surface area contributed by atoms with Gasteiger partial charge in [-0.15, -0.1) is 0 Å². The Labute approximate surface area is 221 Å². The summed E-state index contributed by atoms with van der Waals surface area (Å²) in [5.74, 6) is -0.497. The van der Waals surface area contributed by atoms with E-state index in [1.807, 2.05) is 60.7 Å². The maximum atomic E-state index is 13.5. The molecule has 4 nitrogen and oxygen atoms in total. The van der Waals surface area contributed by atoms with Gasteiger partial charge in [0.25, 0.3) is 5.91 Å². The van der Waals surface area contributed by atoms with E-state index in [-0.39, 0.29) is 22.9 Å². The average molecular weight is 505 g/mol. The lowest BCUT2D eigenvalue weighted by molar-refractivity contribution is 0.0952. The van der Waals surface area contributed by atoms with Crippen molar-refractivity contribution in [2.45, 2.75) is 25.7 Å². The SMILES string of the molecule is CNC(=O)c1c(-c2ccc(F)cc2)[nH]c2ccc(-c3cccc(C(=O)CC(C)(C)c4ccccc4)c3)cc12. The normalized spacial score (nSPS) is 11.5. The van der Waals surface area contributed by atoms with Gasteiger partial charge < -0.3 is 10.3 Å². The number of rotatable bonds is 7. The predicted octanol–water partition coefficient (Wildman–Crippen LogP) is 7.55. The quantitative estimate of drug-likeness (QED) is 0.225. The first-order valence-electron chi connectivity index (χ1n) is 12.6. The fourth-order valence-electron chi connectivity index (χ4n) is 4.93. The van der Waals surface area contributed by atoms with Crippen molar-refractivity contribution in [3.8, 4) is 22.4 Å². The summed E-state index contributed by atoms with van der Waals surface area (Å²) in [6.45, 7) is 4.17.